The van der Waals surface area contributed by atoms with E-state index >= 15 is 0 Å². The molecular weight excluding hydrogens is 426 g/mol. The van der Waals surface area contributed by atoms with Crippen molar-refractivity contribution < 1.29 is 14.2 Å². The lowest BCUT2D eigenvalue weighted by Crippen LogP contribution is -2.30. The first-order valence-electron chi connectivity index (χ1n) is 9.58. The van der Waals surface area contributed by atoms with Crippen LogP contribution in [0, 0.1) is 5.82 Å². The van der Waals surface area contributed by atoms with Crippen molar-refractivity contribution in [2.24, 2.45) is 0 Å². The zero-order chi connectivity index (χ0) is 21.4. The fraction of sp³-hybridized carbons (Fsp3) is 0.261. The number of likely N-dealkylation sites (N-methyl/N-ethyl adjacent to an activating group) is 1. The van der Waals surface area contributed by atoms with Crippen LogP contribution in [-0.4, -0.2) is 28.6 Å². The SMILES string of the molecule is C[C@@H](Oc1cncc(-c2ccc3c(c2)C(O)CN(C)C3)c1)c1c(Cl)ccc(F)c1Cl. The fourth-order valence-electron chi connectivity index (χ4n) is 3.80. The lowest BCUT2D eigenvalue weighted by molar-refractivity contribution is 0.108. The topological polar surface area (TPSA) is 45.6 Å². The molecule has 1 aliphatic heterocycles. The van der Waals surface area contributed by atoms with Gasteiger partial charge in [-0.3, -0.25) is 9.88 Å². The molecule has 1 N–H and O–H groups in total. The standard InChI is InChI=1S/C23H21Cl2FN2O2/c1-13(22-19(24)5-6-20(26)23(22)25)30-17-7-16(9-27-10-17)14-3-4-15-11-28(2)12-21(29)18(15)8-14/h3-10,13,21,29H,11-12H2,1-2H3/t13-,21?/m1/s1. The van der Waals surface area contributed by atoms with Crippen LogP contribution in [-0.2, 0) is 6.54 Å². The van der Waals surface area contributed by atoms with E-state index in [0.717, 1.165) is 28.8 Å². The van der Waals surface area contributed by atoms with Gasteiger partial charge in [0.05, 0.1) is 17.3 Å². The molecular formula is C23H21Cl2FN2O2. The van der Waals surface area contributed by atoms with E-state index in [9.17, 15) is 9.50 Å². The average Bonchev–Trinajstić information content (AvgIpc) is 2.71. The number of nitrogens with zero attached hydrogens (tertiary/aromatic N) is 2. The van der Waals surface area contributed by atoms with E-state index in [4.69, 9.17) is 27.9 Å². The molecule has 30 heavy (non-hydrogen) atoms. The quantitative estimate of drug-likeness (QED) is 0.513. The predicted octanol–water partition coefficient (Wildman–Crippen LogP) is 5.81. The van der Waals surface area contributed by atoms with Gasteiger partial charge in [-0.2, -0.15) is 0 Å². The Kier molecular flexibility index (Phi) is 5.98. The van der Waals surface area contributed by atoms with Gasteiger partial charge >= 0.3 is 0 Å². The van der Waals surface area contributed by atoms with Crippen molar-refractivity contribution in [2.45, 2.75) is 25.7 Å². The molecule has 0 amide bonds. The number of aliphatic hydroxyl groups excluding tert-OH is 1. The third-order valence-corrected chi connectivity index (χ3v) is 5.99. The molecule has 0 bridgehead atoms. The number of β-amino-alcohol motifs (C(OH)–C–C–N with tert-alkyl or cyclic N) is 1. The molecule has 0 saturated carbocycles. The summed E-state index contributed by atoms with van der Waals surface area (Å²) in [4.78, 5) is 6.37. The second kappa shape index (κ2) is 8.52. The fourth-order valence-corrected chi connectivity index (χ4v) is 4.48. The minimum atomic E-state index is -0.571. The van der Waals surface area contributed by atoms with Gasteiger partial charge in [0.25, 0.3) is 0 Å². The summed E-state index contributed by atoms with van der Waals surface area (Å²) >= 11 is 12.3. The summed E-state index contributed by atoms with van der Waals surface area (Å²) < 4.78 is 19.8. The lowest BCUT2D eigenvalue weighted by atomic mass is 9.93. The van der Waals surface area contributed by atoms with Crippen LogP contribution in [0.15, 0.2) is 48.8 Å². The van der Waals surface area contributed by atoms with Gasteiger partial charge in [-0.1, -0.05) is 35.3 Å². The van der Waals surface area contributed by atoms with Crippen LogP contribution in [0.25, 0.3) is 11.1 Å². The number of hydrogen-bond acceptors (Lipinski definition) is 4. The smallest absolute Gasteiger partial charge is 0.142 e. The predicted molar refractivity (Wildman–Crippen MR) is 116 cm³/mol. The molecule has 7 heteroatoms. The summed E-state index contributed by atoms with van der Waals surface area (Å²) in [5, 5.41) is 10.7. The Labute approximate surface area is 184 Å². The zero-order valence-corrected chi connectivity index (χ0v) is 18.1. The number of fused-ring (bicyclic) bond motifs is 1. The molecule has 3 aromatic rings. The third-order valence-electron chi connectivity index (χ3n) is 5.28. The van der Waals surface area contributed by atoms with Crippen molar-refractivity contribution >= 4 is 23.2 Å². The number of ether oxygens (including phenoxy) is 1. The Bertz CT molecular complexity index is 1090. The van der Waals surface area contributed by atoms with E-state index in [1.807, 2.05) is 31.3 Å². The van der Waals surface area contributed by atoms with Crippen molar-refractivity contribution in [2.75, 3.05) is 13.6 Å². The Morgan fingerprint density at radius 3 is 2.77 bits per heavy atom. The number of pyridine rings is 1. The van der Waals surface area contributed by atoms with Gasteiger partial charge in [-0.25, -0.2) is 4.39 Å². The molecule has 0 radical (unpaired) electrons. The van der Waals surface area contributed by atoms with Crippen LogP contribution in [0.3, 0.4) is 0 Å². The highest BCUT2D eigenvalue weighted by molar-refractivity contribution is 6.36. The van der Waals surface area contributed by atoms with E-state index in [1.165, 1.54) is 12.1 Å². The Morgan fingerprint density at radius 1 is 1.17 bits per heavy atom. The number of benzene rings is 2. The van der Waals surface area contributed by atoms with E-state index < -0.39 is 18.0 Å². The molecule has 0 spiro atoms. The van der Waals surface area contributed by atoms with Gasteiger partial charge in [0.2, 0.25) is 0 Å². The van der Waals surface area contributed by atoms with Gasteiger partial charge in [0.1, 0.15) is 17.7 Å². The molecule has 0 fully saturated rings. The van der Waals surface area contributed by atoms with Gasteiger partial charge in [-0.05, 0) is 54.9 Å². The van der Waals surface area contributed by atoms with Crippen LogP contribution in [0.5, 0.6) is 5.75 Å². The summed E-state index contributed by atoms with van der Waals surface area (Å²) in [7, 11) is 1.99. The van der Waals surface area contributed by atoms with Crippen LogP contribution in [0.2, 0.25) is 10.0 Å². The number of hydrogen-bond donors (Lipinski definition) is 1. The van der Waals surface area contributed by atoms with Crippen LogP contribution in [0.4, 0.5) is 4.39 Å². The minimum Gasteiger partial charge on any atom is -0.484 e. The normalized spacial score (nSPS) is 17.5. The maximum atomic E-state index is 13.9. The summed E-state index contributed by atoms with van der Waals surface area (Å²) in [6.45, 7) is 3.16. The van der Waals surface area contributed by atoms with Crippen molar-refractivity contribution in [3.8, 4) is 16.9 Å². The Balaban J connectivity index is 1.61. The molecule has 156 valence electrons. The van der Waals surface area contributed by atoms with Gasteiger partial charge in [-0.15, -0.1) is 0 Å². The first-order valence-corrected chi connectivity index (χ1v) is 10.3. The Morgan fingerprint density at radius 2 is 1.97 bits per heavy atom. The van der Waals surface area contributed by atoms with Crippen molar-refractivity contribution in [3.63, 3.8) is 0 Å². The molecule has 1 unspecified atom stereocenters. The molecule has 1 aliphatic rings. The third kappa shape index (κ3) is 4.16. The van der Waals surface area contributed by atoms with Crippen LogP contribution in [0.1, 0.15) is 35.8 Å². The molecule has 0 saturated heterocycles. The first kappa shape index (κ1) is 21.1. The van der Waals surface area contributed by atoms with Gasteiger partial charge in [0, 0.05) is 35.4 Å². The lowest BCUT2D eigenvalue weighted by Gasteiger charge is -2.29. The molecule has 4 rings (SSSR count). The van der Waals surface area contributed by atoms with E-state index in [0.29, 0.717) is 22.9 Å². The molecule has 2 heterocycles. The maximum absolute atomic E-state index is 13.9. The molecule has 0 aliphatic carbocycles. The molecule has 1 aromatic heterocycles. The molecule has 2 atom stereocenters. The summed E-state index contributed by atoms with van der Waals surface area (Å²) in [5.74, 6) is -0.0361. The van der Waals surface area contributed by atoms with Gasteiger partial charge in [0.15, 0.2) is 0 Å². The molecule has 4 nitrogen and oxygen atoms in total. The van der Waals surface area contributed by atoms with E-state index in [-0.39, 0.29) is 5.02 Å². The highest BCUT2D eigenvalue weighted by atomic mass is 35.5. The second-order valence-corrected chi connectivity index (χ2v) is 8.34. The minimum absolute atomic E-state index is 0.0484. The van der Waals surface area contributed by atoms with Crippen LogP contribution >= 0.6 is 23.2 Å². The highest BCUT2D eigenvalue weighted by Gasteiger charge is 2.22. The monoisotopic (exact) mass is 446 g/mol. The van der Waals surface area contributed by atoms with E-state index in [2.05, 4.69) is 9.88 Å². The number of halogens is 3. The van der Waals surface area contributed by atoms with Crippen molar-refractivity contribution in [3.05, 3.63) is 81.3 Å². The summed E-state index contributed by atoms with van der Waals surface area (Å²) in [5.41, 5.74) is 4.23. The number of aliphatic hydroxyl groups is 1. The van der Waals surface area contributed by atoms with Crippen molar-refractivity contribution in [1.82, 2.24) is 9.88 Å². The van der Waals surface area contributed by atoms with Crippen molar-refractivity contribution in [1.29, 1.82) is 0 Å². The van der Waals surface area contributed by atoms with Gasteiger partial charge < -0.3 is 9.84 Å². The van der Waals surface area contributed by atoms with Crippen LogP contribution < -0.4 is 4.74 Å². The highest BCUT2D eigenvalue weighted by Crippen LogP contribution is 2.36. The molecule has 2 aromatic carbocycles. The number of aromatic nitrogens is 1. The first-order chi connectivity index (χ1) is 14.3. The average molecular weight is 447 g/mol. The van der Waals surface area contributed by atoms with E-state index in [1.54, 1.807) is 19.3 Å². The number of rotatable bonds is 4. The largest absolute Gasteiger partial charge is 0.484 e. The second-order valence-electron chi connectivity index (χ2n) is 7.55. The summed E-state index contributed by atoms with van der Waals surface area (Å²) in [6, 6.07) is 10.6. The Hall–Kier alpha value is -2.18. The summed E-state index contributed by atoms with van der Waals surface area (Å²) in [6.07, 6.45) is 2.23. The maximum Gasteiger partial charge on any atom is 0.142 e. The zero-order valence-electron chi connectivity index (χ0n) is 16.6.